The van der Waals surface area contributed by atoms with Crippen LogP contribution in [0.2, 0.25) is 0 Å². The summed E-state index contributed by atoms with van der Waals surface area (Å²) in [7, 11) is 0. The summed E-state index contributed by atoms with van der Waals surface area (Å²) < 4.78 is 1.96. The van der Waals surface area contributed by atoms with Crippen LogP contribution < -0.4 is 5.73 Å². The third-order valence-electron chi connectivity index (χ3n) is 3.67. The number of imidazole rings is 1. The fourth-order valence-electron chi connectivity index (χ4n) is 2.77. The zero-order valence-electron chi connectivity index (χ0n) is 10.3. The molecule has 0 aliphatic heterocycles. The number of hydrogen-bond acceptors (Lipinski definition) is 4. The van der Waals surface area contributed by atoms with Gasteiger partial charge in [-0.1, -0.05) is 12.8 Å². The van der Waals surface area contributed by atoms with Crippen LogP contribution in [0.4, 0.5) is 0 Å². The van der Waals surface area contributed by atoms with E-state index in [2.05, 4.69) is 4.98 Å². The van der Waals surface area contributed by atoms with Crippen LogP contribution in [-0.4, -0.2) is 20.7 Å². The molecular weight excluding hydrogens is 246 g/mol. The number of aromatic nitrogens is 2. The predicted molar refractivity (Wildman–Crippen MR) is 71.8 cm³/mol. The van der Waals surface area contributed by atoms with Crippen molar-refractivity contribution < 1.29 is 4.79 Å². The third-order valence-corrected chi connectivity index (χ3v) is 4.44. The Morgan fingerprint density at radius 2 is 2.28 bits per heavy atom. The Kier molecular flexibility index (Phi) is 2.95. The van der Waals surface area contributed by atoms with Crippen molar-refractivity contribution in [1.29, 1.82) is 0 Å². The molecule has 0 radical (unpaired) electrons. The molecule has 4 nitrogen and oxygen atoms in total. The number of carbonyl (C=O) groups is 1. The van der Waals surface area contributed by atoms with Gasteiger partial charge in [-0.2, -0.15) is 0 Å². The predicted octanol–water partition coefficient (Wildman–Crippen LogP) is 2.17. The minimum atomic E-state index is -0.242. The highest BCUT2D eigenvalue weighted by molar-refractivity contribution is 7.15. The van der Waals surface area contributed by atoms with Gasteiger partial charge >= 0.3 is 0 Å². The lowest BCUT2D eigenvalue weighted by Crippen LogP contribution is -2.39. The zero-order valence-corrected chi connectivity index (χ0v) is 11.1. The molecule has 0 saturated heterocycles. The quantitative estimate of drug-likeness (QED) is 0.919. The van der Waals surface area contributed by atoms with E-state index in [0.29, 0.717) is 12.8 Å². The number of nitrogens with zero attached hydrogens (tertiary/aromatic N) is 2. The highest BCUT2D eigenvalue weighted by Crippen LogP contribution is 2.30. The number of fused-ring (bicyclic) bond motifs is 1. The van der Waals surface area contributed by atoms with Crippen molar-refractivity contribution >= 4 is 22.1 Å². The number of carbonyl (C=O) groups excluding carboxylic acids is 1. The monoisotopic (exact) mass is 263 g/mol. The van der Waals surface area contributed by atoms with E-state index < -0.39 is 0 Å². The van der Waals surface area contributed by atoms with Gasteiger partial charge in [-0.05, 0) is 12.8 Å². The standard InChI is InChI=1S/C13H17N3OS/c14-13(3-1-2-4-13)8-11(17)7-10-9-16-5-6-18-12(16)15-10/h5-6,9H,1-4,7-8,14H2. The minimum absolute atomic E-state index is 0.213. The van der Waals surface area contributed by atoms with Gasteiger partial charge in [0, 0.05) is 29.7 Å². The Morgan fingerprint density at radius 3 is 3.00 bits per heavy atom. The highest BCUT2D eigenvalue weighted by Gasteiger charge is 2.31. The summed E-state index contributed by atoms with van der Waals surface area (Å²) in [6.45, 7) is 0. The van der Waals surface area contributed by atoms with Crippen molar-refractivity contribution in [2.45, 2.75) is 44.1 Å². The van der Waals surface area contributed by atoms with Gasteiger partial charge in [0.05, 0.1) is 12.1 Å². The molecule has 2 N–H and O–H groups in total. The van der Waals surface area contributed by atoms with Crippen LogP contribution in [0.15, 0.2) is 17.8 Å². The van der Waals surface area contributed by atoms with E-state index in [1.54, 1.807) is 11.3 Å². The second kappa shape index (κ2) is 4.48. The summed E-state index contributed by atoms with van der Waals surface area (Å²) >= 11 is 1.58. The molecule has 1 aliphatic rings. The number of Topliss-reactive ketones (excluding diaryl/α,β-unsaturated/α-hetero) is 1. The van der Waals surface area contributed by atoms with Crippen LogP contribution in [0.5, 0.6) is 0 Å². The fraction of sp³-hybridized carbons (Fsp3) is 0.538. The first-order chi connectivity index (χ1) is 8.65. The molecule has 0 spiro atoms. The molecule has 2 heterocycles. The van der Waals surface area contributed by atoms with Gasteiger partial charge < -0.3 is 5.73 Å². The average molecular weight is 263 g/mol. The molecule has 5 heteroatoms. The van der Waals surface area contributed by atoms with Crippen LogP contribution in [-0.2, 0) is 11.2 Å². The van der Waals surface area contributed by atoms with Crippen molar-refractivity contribution in [2.75, 3.05) is 0 Å². The number of nitrogens with two attached hydrogens (primary N) is 1. The second-order valence-electron chi connectivity index (χ2n) is 5.29. The number of hydrogen-bond donors (Lipinski definition) is 1. The molecule has 18 heavy (non-hydrogen) atoms. The van der Waals surface area contributed by atoms with E-state index in [1.807, 2.05) is 22.2 Å². The van der Waals surface area contributed by atoms with Crippen molar-refractivity contribution in [2.24, 2.45) is 5.73 Å². The van der Waals surface area contributed by atoms with Gasteiger partial charge in [-0.3, -0.25) is 9.20 Å². The molecule has 1 aliphatic carbocycles. The summed E-state index contributed by atoms with van der Waals surface area (Å²) in [6.07, 6.45) is 9.08. The van der Waals surface area contributed by atoms with E-state index >= 15 is 0 Å². The zero-order chi connectivity index (χ0) is 12.6. The maximum Gasteiger partial charge on any atom is 0.193 e. The van der Waals surface area contributed by atoms with Gasteiger partial charge in [0.15, 0.2) is 4.96 Å². The van der Waals surface area contributed by atoms with Gasteiger partial charge in [0.2, 0.25) is 0 Å². The van der Waals surface area contributed by atoms with Gasteiger partial charge in [-0.15, -0.1) is 11.3 Å². The van der Waals surface area contributed by atoms with Gasteiger partial charge in [0.1, 0.15) is 5.78 Å². The minimum Gasteiger partial charge on any atom is -0.325 e. The Labute approximate surface area is 110 Å². The molecule has 1 saturated carbocycles. The summed E-state index contributed by atoms with van der Waals surface area (Å²) in [5.41, 5.74) is 6.84. The summed E-state index contributed by atoms with van der Waals surface area (Å²) in [5.74, 6) is 0.213. The molecule has 1 fully saturated rings. The van der Waals surface area contributed by atoms with Crippen molar-refractivity contribution in [3.05, 3.63) is 23.5 Å². The molecular formula is C13H17N3OS. The Hall–Kier alpha value is -1.20. The molecule has 0 atom stereocenters. The lowest BCUT2D eigenvalue weighted by Gasteiger charge is -2.22. The van der Waals surface area contributed by atoms with Crippen LogP contribution >= 0.6 is 11.3 Å². The Bertz CT molecular complexity index is 537. The number of rotatable bonds is 4. The fourth-order valence-corrected chi connectivity index (χ4v) is 3.49. The molecule has 0 bridgehead atoms. The molecule has 0 unspecified atom stereocenters. The molecule has 2 aromatic rings. The molecule has 2 aromatic heterocycles. The average Bonchev–Trinajstić information content (AvgIpc) is 2.93. The lowest BCUT2D eigenvalue weighted by molar-refractivity contribution is -0.119. The van der Waals surface area contributed by atoms with Crippen LogP contribution in [0.1, 0.15) is 37.8 Å². The maximum absolute atomic E-state index is 12.0. The van der Waals surface area contributed by atoms with E-state index in [9.17, 15) is 4.79 Å². The van der Waals surface area contributed by atoms with Crippen molar-refractivity contribution in [3.63, 3.8) is 0 Å². The van der Waals surface area contributed by atoms with Crippen LogP contribution in [0, 0.1) is 0 Å². The lowest BCUT2D eigenvalue weighted by atomic mass is 9.91. The van der Waals surface area contributed by atoms with E-state index in [-0.39, 0.29) is 11.3 Å². The first-order valence-corrected chi connectivity index (χ1v) is 7.24. The first-order valence-electron chi connectivity index (χ1n) is 6.36. The summed E-state index contributed by atoms with van der Waals surface area (Å²) in [6, 6.07) is 0. The molecule has 0 aromatic carbocycles. The van der Waals surface area contributed by atoms with Crippen LogP contribution in [0.25, 0.3) is 4.96 Å². The normalized spacial score (nSPS) is 18.5. The molecule has 0 amide bonds. The third kappa shape index (κ3) is 2.33. The van der Waals surface area contributed by atoms with Crippen molar-refractivity contribution in [1.82, 2.24) is 9.38 Å². The molecule has 3 rings (SSSR count). The van der Waals surface area contributed by atoms with Crippen LogP contribution in [0.3, 0.4) is 0 Å². The largest absolute Gasteiger partial charge is 0.325 e. The SMILES string of the molecule is NC1(CC(=O)Cc2cn3ccsc3n2)CCCC1. The summed E-state index contributed by atoms with van der Waals surface area (Å²) in [5, 5.41) is 1.99. The van der Waals surface area contributed by atoms with E-state index in [0.717, 1.165) is 36.3 Å². The highest BCUT2D eigenvalue weighted by atomic mass is 32.1. The van der Waals surface area contributed by atoms with Gasteiger partial charge in [-0.25, -0.2) is 4.98 Å². The first kappa shape index (κ1) is 11.9. The van der Waals surface area contributed by atoms with Gasteiger partial charge in [0.25, 0.3) is 0 Å². The topological polar surface area (TPSA) is 60.4 Å². The maximum atomic E-state index is 12.0. The number of thiazole rings is 1. The number of ketones is 1. The van der Waals surface area contributed by atoms with Crippen molar-refractivity contribution in [3.8, 4) is 0 Å². The Morgan fingerprint density at radius 1 is 1.50 bits per heavy atom. The summed E-state index contributed by atoms with van der Waals surface area (Å²) in [4.78, 5) is 17.4. The van der Waals surface area contributed by atoms with E-state index in [1.165, 1.54) is 0 Å². The smallest absolute Gasteiger partial charge is 0.193 e. The second-order valence-corrected chi connectivity index (χ2v) is 6.16. The Balaban J connectivity index is 1.65. The molecule has 96 valence electrons. The van der Waals surface area contributed by atoms with E-state index in [4.69, 9.17) is 5.73 Å².